The molecule has 0 atom stereocenters. The molecule has 1 spiro atoms. The van der Waals surface area contributed by atoms with E-state index in [0.29, 0.717) is 5.41 Å². The number of rotatable bonds is 7. The first-order chi connectivity index (χ1) is 11.8. The molecule has 4 nitrogen and oxygen atoms in total. The molecule has 0 aromatic heterocycles. The first kappa shape index (κ1) is 20.5. The van der Waals surface area contributed by atoms with Crippen molar-refractivity contribution in [1.29, 1.82) is 0 Å². The molecule has 0 bridgehead atoms. The fourth-order valence-corrected chi connectivity index (χ4v) is 3.84. The molecule has 0 radical (unpaired) electrons. The average molecular weight is 457 g/mol. The first-order valence-corrected chi connectivity index (χ1v) is 9.39. The van der Waals surface area contributed by atoms with E-state index < -0.39 is 0 Å². The predicted molar refractivity (Wildman–Crippen MR) is 115 cm³/mol. The second-order valence-electron chi connectivity index (χ2n) is 7.20. The standard InChI is InChI=1S/C20H31N3O.HI/c1-21-19(23-14-12-20(17-23)10-5-11-20)22-13-6-15-24-16-9-18-7-3-2-4-8-18;/h2-4,7-8H,5-6,9-17H2,1H3,(H,21,22);1H. The van der Waals surface area contributed by atoms with Crippen LogP contribution < -0.4 is 5.32 Å². The van der Waals surface area contributed by atoms with Gasteiger partial charge in [0.25, 0.3) is 0 Å². The van der Waals surface area contributed by atoms with Crippen LogP contribution in [0.4, 0.5) is 0 Å². The van der Waals surface area contributed by atoms with Crippen LogP contribution in [-0.4, -0.2) is 50.8 Å². The molecule has 1 N–H and O–H groups in total. The summed E-state index contributed by atoms with van der Waals surface area (Å²) in [4.78, 5) is 6.90. The number of hydrogen-bond acceptors (Lipinski definition) is 2. The van der Waals surface area contributed by atoms with E-state index in [1.54, 1.807) is 0 Å². The molecule has 2 aliphatic rings. The fourth-order valence-electron chi connectivity index (χ4n) is 3.84. The van der Waals surface area contributed by atoms with Gasteiger partial charge in [-0.25, -0.2) is 0 Å². The lowest BCUT2D eigenvalue weighted by Gasteiger charge is -2.38. The van der Waals surface area contributed by atoms with Crippen LogP contribution in [0.25, 0.3) is 0 Å². The molecule has 2 fully saturated rings. The Morgan fingerprint density at radius 3 is 2.64 bits per heavy atom. The zero-order chi connectivity index (χ0) is 16.7. The van der Waals surface area contributed by atoms with Gasteiger partial charge in [-0.3, -0.25) is 4.99 Å². The molecular formula is C20H32IN3O. The van der Waals surface area contributed by atoms with Crippen LogP contribution >= 0.6 is 24.0 Å². The van der Waals surface area contributed by atoms with E-state index in [2.05, 4.69) is 45.5 Å². The first-order valence-electron chi connectivity index (χ1n) is 9.39. The molecule has 0 unspecified atom stereocenters. The lowest BCUT2D eigenvalue weighted by Crippen LogP contribution is -2.43. The van der Waals surface area contributed by atoms with Crippen LogP contribution in [-0.2, 0) is 11.2 Å². The normalized spacial score (nSPS) is 18.8. The number of nitrogens with zero attached hydrogens (tertiary/aromatic N) is 2. The van der Waals surface area contributed by atoms with E-state index in [-0.39, 0.29) is 24.0 Å². The van der Waals surface area contributed by atoms with E-state index in [0.717, 1.165) is 45.1 Å². The van der Waals surface area contributed by atoms with E-state index in [1.165, 1.54) is 37.8 Å². The van der Waals surface area contributed by atoms with Crippen molar-refractivity contribution in [3.8, 4) is 0 Å². The van der Waals surface area contributed by atoms with Gasteiger partial charge in [0, 0.05) is 33.3 Å². The Morgan fingerprint density at radius 1 is 1.20 bits per heavy atom. The quantitative estimate of drug-likeness (QED) is 0.294. The molecule has 1 saturated carbocycles. The van der Waals surface area contributed by atoms with Crippen LogP contribution in [0, 0.1) is 5.41 Å². The summed E-state index contributed by atoms with van der Waals surface area (Å²) >= 11 is 0. The molecule has 0 amide bonds. The summed E-state index contributed by atoms with van der Waals surface area (Å²) in [5.41, 5.74) is 1.97. The summed E-state index contributed by atoms with van der Waals surface area (Å²) in [6.07, 6.45) is 7.60. The molecule has 140 valence electrons. The van der Waals surface area contributed by atoms with Gasteiger partial charge >= 0.3 is 0 Å². The summed E-state index contributed by atoms with van der Waals surface area (Å²) in [5.74, 6) is 1.07. The fraction of sp³-hybridized carbons (Fsp3) is 0.650. The lowest BCUT2D eigenvalue weighted by atomic mass is 9.68. The molecule has 5 heteroatoms. The van der Waals surface area contributed by atoms with E-state index in [9.17, 15) is 0 Å². The molecule has 1 aromatic rings. The molecule has 1 aliphatic carbocycles. The number of halogens is 1. The summed E-state index contributed by atoms with van der Waals surface area (Å²) in [7, 11) is 1.89. The summed E-state index contributed by atoms with van der Waals surface area (Å²) in [6, 6.07) is 10.5. The van der Waals surface area contributed by atoms with Crippen molar-refractivity contribution in [1.82, 2.24) is 10.2 Å². The minimum atomic E-state index is 0. The average Bonchev–Trinajstić information content (AvgIpc) is 3.04. The molecule has 1 aliphatic heterocycles. The van der Waals surface area contributed by atoms with E-state index in [4.69, 9.17) is 4.74 Å². The largest absolute Gasteiger partial charge is 0.381 e. The third-order valence-electron chi connectivity index (χ3n) is 5.49. The van der Waals surface area contributed by atoms with Crippen molar-refractivity contribution in [3.05, 3.63) is 35.9 Å². The molecule has 25 heavy (non-hydrogen) atoms. The minimum absolute atomic E-state index is 0. The van der Waals surface area contributed by atoms with Gasteiger partial charge in [-0.15, -0.1) is 24.0 Å². The maximum atomic E-state index is 5.74. The van der Waals surface area contributed by atoms with Gasteiger partial charge < -0.3 is 15.0 Å². The van der Waals surface area contributed by atoms with Crippen molar-refractivity contribution < 1.29 is 4.74 Å². The number of guanidine groups is 1. The molecular weight excluding hydrogens is 425 g/mol. The second kappa shape index (κ2) is 10.4. The Bertz CT molecular complexity index is 531. The van der Waals surface area contributed by atoms with Crippen LogP contribution in [0.2, 0.25) is 0 Å². The van der Waals surface area contributed by atoms with Crippen LogP contribution in [0.15, 0.2) is 35.3 Å². The van der Waals surface area contributed by atoms with Crippen molar-refractivity contribution in [2.24, 2.45) is 10.4 Å². The van der Waals surface area contributed by atoms with Crippen LogP contribution in [0.1, 0.15) is 37.7 Å². The highest BCUT2D eigenvalue weighted by Gasteiger charge is 2.43. The maximum absolute atomic E-state index is 5.74. The number of likely N-dealkylation sites (tertiary alicyclic amines) is 1. The number of benzene rings is 1. The summed E-state index contributed by atoms with van der Waals surface area (Å²) in [6.45, 7) is 4.89. The second-order valence-corrected chi connectivity index (χ2v) is 7.20. The Balaban J connectivity index is 0.00000225. The zero-order valence-corrected chi connectivity index (χ0v) is 17.7. The smallest absolute Gasteiger partial charge is 0.193 e. The van der Waals surface area contributed by atoms with Gasteiger partial charge in [-0.05, 0) is 43.1 Å². The third-order valence-corrected chi connectivity index (χ3v) is 5.49. The van der Waals surface area contributed by atoms with E-state index >= 15 is 0 Å². The Morgan fingerprint density at radius 2 is 2.00 bits per heavy atom. The third kappa shape index (κ3) is 5.84. The highest BCUT2D eigenvalue weighted by molar-refractivity contribution is 14.0. The maximum Gasteiger partial charge on any atom is 0.193 e. The molecule has 1 heterocycles. The van der Waals surface area contributed by atoms with Crippen molar-refractivity contribution in [3.63, 3.8) is 0 Å². The Hall–Kier alpha value is -0.820. The SMILES string of the molecule is CN=C(NCCCOCCc1ccccc1)N1CCC2(CCC2)C1.I. The Kier molecular flexibility index (Phi) is 8.49. The predicted octanol–water partition coefficient (Wildman–Crippen LogP) is 3.71. The van der Waals surface area contributed by atoms with Gasteiger partial charge in [-0.2, -0.15) is 0 Å². The zero-order valence-electron chi connectivity index (χ0n) is 15.4. The summed E-state index contributed by atoms with van der Waals surface area (Å²) in [5, 5.41) is 3.50. The minimum Gasteiger partial charge on any atom is -0.381 e. The number of ether oxygens (including phenoxy) is 1. The molecule has 3 rings (SSSR count). The van der Waals surface area contributed by atoms with Crippen molar-refractivity contribution in [2.45, 2.75) is 38.5 Å². The van der Waals surface area contributed by atoms with Crippen molar-refractivity contribution >= 4 is 29.9 Å². The van der Waals surface area contributed by atoms with Gasteiger partial charge in [-0.1, -0.05) is 36.8 Å². The van der Waals surface area contributed by atoms with Crippen LogP contribution in [0.3, 0.4) is 0 Å². The monoisotopic (exact) mass is 457 g/mol. The number of aliphatic imine (C=N–C) groups is 1. The molecule has 1 saturated heterocycles. The number of hydrogen-bond donors (Lipinski definition) is 1. The number of nitrogens with one attached hydrogen (secondary N) is 1. The lowest BCUT2D eigenvalue weighted by molar-refractivity contribution is 0.135. The highest BCUT2D eigenvalue weighted by atomic mass is 127. The molecule has 1 aromatic carbocycles. The van der Waals surface area contributed by atoms with Gasteiger partial charge in [0.2, 0.25) is 0 Å². The topological polar surface area (TPSA) is 36.9 Å². The van der Waals surface area contributed by atoms with Gasteiger partial charge in [0.05, 0.1) is 6.61 Å². The highest BCUT2D eigenvalue weighted by Crippen LogP contribution is 2.47. The van der Waals surface area contributed by atoms with E-state index in [1.807, 2.05) is 7.05 Å². The van der Waals surface area contributed by atoms with Crippen LogP contribution in [0.5, 0.6) is 0 Å². The summed E-state index contributed by atoms with van der Waals surface area (Å²) < 4.78 is 5.74. The van der Waals surface area contributed by atoms with Gasteiger partial charge in [0.15, 0.2) is 5.96 Å². The Labute approximate surface area is 169 Å². The van der Waals surface area contributed by atoms with Crippen molar-refractivity contribution in [2.75, 3.05) is 39.9 Å². The van der Waals surface area contributed by atoms with Gasteiger partial charge in [0.1, 0.15) is 0 Å².